The highest BCUT2D eigenvalue weighted by Gasteiger charge is 2.37. The number of anilines is 1. The van der Waals surface area contributed by atoms with Gasteiger partial charge in [0.15, 0.2) is 6.29 Å². The molecular formula is C16H20FNO. The number of hydrogen-bond acceptors (Lipinski definition) is 2. The summed E-state index contributed by atoms with van der Waals surface area (Å²) in [5.74, 6) is -0.338. The van der Waals surface area contributed by atoms with Crippen LogP contribution in [0.5, 0.6) is 0 Å². The number of nitrogens with zero attached hydrogens (tertiary/aromatic N) is 1. The van der Waals surface area contributed by atoms with Crippen LogP contribution in [0.25, 0.3) is 0 Å². The fraction of sp³-hybridized carbons (Fsp3) is 0.562. The van der Waals surface area contributed by atoms with E-state index in [1.807, 2.05) is 0 Å². The van der Waals surface area contributed by atoms with Crippen molar-refractivity contribution in [3.05, 3.63) is 29.6 Å². The van der Waals surface area contributed by atoms with Crippen LogP contribution >= 0.6 is 0 Å². The first-order valence-electron chi connectivity index (χ1n) is 7.22. The summed E-state index contributed by atoms with van der Waals surface area (Å²) < 4.78 is 13.2. The van der Waals surface area contributed by atoms with E-state index in [2.05, 4.69) is 4.90 Å². The van der Waals surface area contributed by atoms with Gasteiger partial charge in [0.1, 0.15) is 5.82 Å². The Bertz CT molecular complexity index is 470. The lowest BCUT2D eigenvalue weighted by Crippen LogP contribution is -2.39. The summed E-state index contributed by atoms with van der Waals surface area (Å²) in [5.41, 5.74) is 1.93. The van der Waals surface area contributed by atoms with Crippen molar-refractivity contribution in [1.29, 1.82) is 0 Å². The Morgan fingerprint density at radius 3 is 2.42 bits per heavy atom. The Hall–Kier alpha value is -1.38. The first-order chi connectivity index (χ1) is 9.22. The quantitative estimate of drug-likeness (QED) is 0.755. The molecule has 0 unspecified atom stereocenters. The van der Waals surface area contributed by atoms with E-state index in [9.17, 15) is 9.18 Å². The Labute approximate surface area is 113 Å². The first-order valence-corrected chi connectivity index (χ1v) is 7.22. The fourth-order valence-electron chi connectivity index (χ4n) is 3.75. The second kappa shape index (κ2) is 4.95. The lowest BCUT2D eigenvalue weighted by atomic mass is 9.77. The van der Waals surface area contributed by atoms with Crippen LogP contribution in [0.2, 0.25) is 0 Å². The molecule has 1 aliphatic heterocycles. The van der Waals surface area contributed by atoms with Crippen LogP contribution < -0.4 is 4.90 Å². The largest absolute Gasteiger partial charge is 0.371 e. The van der Waals surface area contributed by atoms with E-state index in [1.165, 1.54) is 50.7 Å². The maximum atomic E-state index is 13.2. The van der Waals surface area contributed by atoms with Gasteiger partial charge < -0.3 is 4.90 Å². The SMILES string of the molecule is O=Cc1cc(F)ccc1N1CCC2(CCCC2)CC1. The number of benzene rings is 1. The molecule has 1 aromatic carbocycles. The minimum absolute atomic E-state index is 0.338. The van der Waals surface area contributed by atoms with Gasteiger partial charge in [-0.3, -0.25) is 4.79 Å². The molecule has 0 bridgehead atoms. The number of carbonyl (C=O) groups is 1. The molecule has 0 amide bonds. The van der Waals surface area contributed by atoms with Gasteiger partial charge in [-0.2, -0.15) is 0 Å². The third kappa shape index (κ3) is 2.38. The van der Waals surface area contributed by atoms with Gasteiger partial charge in [0.25, 0.3) is 0 Å². The maximum absolute atomic E-state index is 13.2. The van der Waals surface area contributed by atoms with Crippen LogP contribution in [0.4, 0.5) is 10.1 Å². The van der Waals surface area contributed by atoms with Crippen molar-refractivity contribution in [2.75, 3.05) is 18.0 Å². The second-order valence-corrected chi connectivity index (χ2v) is 6.02. The highest BCUT2D eigenvalue weighted by atomic mass is 19.1. The van der Waals surface area contributed by atoms with Gasteiger partial charge in [0.2, 0.25) is 0 Å². The standard InChI is InChI=1S/C16H20FNO/c17-14-3-4-15(13(11-14)12-19)18-9-7-16(8-10-18)5-1-2-6-16/h3-4,11-12H,1-2,5-10H2. The van der Waals surface area contributed by atoms with Crippen LogP contribution in [0.1, 0.15) is 48.9 Å². The second-order valence-electron chi connectivity index (χ2n) is 6.02. The highest BCUT2D eigenvalue weighted by molar-refractivity contribution is 5.84. The van der Waals surface area contributed by atoms with Crippen LogP contribution in [-0.4, -0.2) is 19.4 Å². The number of hydrogen-bond donors (Lipinski definition) is 0. The van der Waals surface area contributed by atoms with E-state index >= 15 is 0 Å². The predicted molar refractivity (Wildman–Crippen MR) is 74.1 cm³/mol. The molecule has 102 valence electrons. The van der Waals surface area contributed by atoms with Crippen molar-refractivity contribution in [3.63, 3.8) is 0 Å². The van der Waals surface area contributed by atoms with Crippen LogP contribution in [0.15, 0.2) is 18.2 Å². The number of piperidine rings is 1. The molecule has 1 heterocycles. The van der Waals surface area contributed by atoms with E-state index in [1.54, 1.807) is 6.07 Å². The van der Waals surface area contributed by atoms with Gasteiger partial charge in [-0.1, -0.05) is 12.8 Å². The number of carbonyl (C=O) groups excluding carboxylic acids is 1. The van der Waals surface area contributed by atoms with Gasteiger partial charge in [0, 0.05) is 24.3 Å². The number of halogens is 1. The maximum Gasteiger partial charge on any atom is 0.152 e. The summed E-state index contributed by atoms with van der Waals surface area (Å²) in [6, 6.07) is 4.52. The van der Waals surface area contributed by atoms with Crippen molar-refractivity contribution >= 4 is 12.0 Å². The molecule has 1 aromatic rings. The summed E-state index contributed by atoms with van der Waals surface area (Å²) in [4.78, 5) is 13.3. The normalized spacial score (nSPS) is 21.8. The summed E-state index contributed by atoms with van der Waals surface area (Å²) in [5, 5.41) is 0. The summed E-state index contributed by atoms with van der Waals surface area (Å²) >= 11 is 0. The van der Waals surface area contributed by atoms with Gasteiger partial charge in [0.05, 0.1) is 0 Å². The minimum Gasteiger partial charge on any atom is -0.371 e. The molecule has 1 aliphatic carbocycles. The van der Waals surface area contributed by atoms with Gasteiger partial charge >= 0.3 is 0 Å². The smallest absolute Gasteiger partial charge is 0.152 e. The zero-order valence-electron chi connectivity index (χ0n) is 11.2. The summed E-state index contributed by atoms with van der Waals surface area (Å²) in [6.45, 7) is 1.99. The number of aldehydes is 1. The van der Waals surface area contributed by atoms with Crippen LogP contribution in [0, 0.1) is 11.2 Å². The van der Waals surface area contributed by atoms with Crippen LogP contribution in [0.3, 0.4) is 0 Å². The molecule has 3 heteroatoms. The molecule has 2 fully saturated rings. The van der Waals surface area contributed by atoms with E-state index in [-0.39, 0.29) is 5.82 Å². The fourth-order valence-corrected chi connectivity index (χ4v) is 3.75. The molecule has 1 saturated heterocycles. The summed E-state index contributed by atoms with van der Waals surface area (Å²) in [7, 11) is 0. The average Bonchev–Trinajstić information content (AvgIpc) is 2.88. The predicted octanol–water partition coefficient (Wildman–Crippen LogP) is 3.80. The average molecular weight is 261 g/mol. The molecule has 1 spiro atoms. The molecule has 19 heavy (non-hydrogen) atoms. The van der Waals surface area contributed by atoms with E-state index < -0.39 is 0 Å². The monoisotopic (exact) mass is 261 g/mol. The topological polar surface area (TPSA) is 20.3 Å². The minimum atomic E-state index is -0.338. The third-order valence-corrected chi connectivity index (χ3v) is 4.95. The van der Waals surface area contributed by atoms with Gasteiger partial charge in [-0.25, -0.2) is 4.39 Å². The Balaban J connectivity index is 1.76. The van der Waals surface area contributed by atoms with E-state index in [4.69, 9.17) is 0 Å². The van der Waals surface area contributed by atoms with E-state index in [0.29, 0.717) is 11.0 Å². The Morgan fingerprint density at radius 1 is 1.11 bits per heavy atom. The molecule has 0 radical (unpaired) electrons. The molecule has 2 aliphatic rings. The molecular weight excluding hydrogens is 241 g/mol. The molecule has 1 saturated carbocycles. The zero-order chi connectivity index (χ0) is 13.3. The molecule has 0 atom stereocenters. The number of rotatable bonds is 2. The van der Waals surface area contributed by atoms with Crippen LogP contribution in [-0.2, 0) is 0 Å². The van der Waals surface area contributed by atoms with Gasteiger partial charge in [-0.15, -0.1) is 0 Å². The van der Waals surface area contributed by atoms with Crippen molar-refractivity contribution in [3.8, 4) is 0 Å². The lowest BCUT2D eigenvalue weighted by Gasteiger charge is -2.40. The Morgan fingerprint density at radius 2 is 1.79 bits per heavy atom. The van der Waals surface area contributed by atoms with Crippen molar-refractivity contribution in [1.82, 2.24) is 0 Å². The van der Waals surface area contributed by atoms with Crippen molar-refractivity contribution < 1.29 is 9.18 Å². The molecule has 0 N–H and O–H groups in total. The van der Waals surface area contributed by atoms with E-state index in [0.717, 1.165) is 25.1 Å². The summed E-state index contributed by atoms with van der Waals surface area (Å²) in [6.07, 6.45) is 8.66. The van der Waals surface area contributed by atoms with Gasteiger partial charge in [-0.05, 0) is 49.3 Å². The zero-order valence-corrected chi connectivity index (χ0v) is 11.2. The molecule has 2 nitrogen and oxygen atoms in total. The lowest BCUT2D eigenvalue weighted by molar-refractivity contribution is 0.112. The third-order valence-electron chi connectivity index (χ3n) is 4.95. The molecule has 3 rings (SSSR count). The Kier molecular flexibility index (Phi) is 3.29. The highest BCUT2D eigenvalue weighted by Crippen LogP contribution is 2.46. The molecule has 0 aromatic heterocycles. The van der Waals surface area contributed by atoms with Crippen molar-refractivity contribution in [2.24, 2.45) is 5.41 Å². The van der Waals surface area contributed by atoms with Crippen molar-refractivity contribution in [2.45, 2.75) is 38.5 Å². The first kappa shape index (κ1) is 12.6.